The van der Waals surface area contributed by atoms with Crippen molar-refractivity contribution >= 4 is 5.97 Å². The number of carbonyl (C=O) groups is 1. The van der Waals surface area contributed by atoms with Crippen LogP contribution in [0.5, 0.6) is 0 Å². The Morgan fingerprint density at radius 1 is 0.920 bits per heavy atom. The Kier molecular flexibility index (Phi) is 4.63. The summed E-state index contributed by atoms with van der Waals surface area (Å²) in [5.74, 6) is -0.243. The lowest BCUT2D eigenvalue weighted by atomic mass is 9.68. The van der Waals surface area contributed by atoms with Crippen molar-refractivity contribution in [3.8, 4) is 0 Å². The summed E-state index contributed by atoms with van der Waals surface area (Å²) in [5.41, 5.74) is 2.19. The van der Waals surface area contributed by atoms with E-state index < -0.39 is 5.60 Å². The van der Waals surface area contributed by atoms with Crippen LogP contribution in [0.1, 0.15) is 38.3 Å². The highest BCUT2D eigenvalue weighted by atomic mass is 16.6. The first-order valence-electron chi connectivity index (χ1n) is 8.63. The van der Waals surface area contributed by atoms with E-state index in [1.54, 1.807) is 0 Å². The predicted octanol–water partition coefficient (Wildman–Crippen LogP) is 5.20. The van der Waals surface area contributed by atoms with Crippen LogP contribution in [0.15, 0.2) is 84.5 Å². The molecule has 0 spiro atoms. The van der Waals surface area contributed by atoms with E-state index in [9.17, 15) is 4.79 Å². The average molecular weight is 332 g/mol. The van der Waals surface area contributed by atoms with Crippen molar-refractivity contribution < 1.29 is 9.53 Å². The van der Waals surface area contributed by atoms with E-state index in [1.807, 2.05) is 69.3 Å². The minimum absolute atomic E-state index is 0.243. The standard InChI is InChI=1S/C23H24O2/c1-22(2,3)25-21(24)18-11-10-16-23(17-18,19-12-6-4-7-13-19)20-14-8-5-9-15-20/h4-16H,17H2,1-3H3. The van der Waals surface area contributed by atoms with Crippen LogP contribution in [0.4, 0.5) is 0 Å². The van der Waals surface area contributed by atoms with Crippen molar-refractivity contribution in [2.45, 2.75) is 38.2 Å². The van der Waals surface area contributed by atoms with Gasteiger partial charge in [-0.25, -0.2) is 4.79 Å². The summed E-state index contributed by atoms with van der Waals surface area (Å²) in [6.07, 6.45) is 6.62. The number of ether oxygens (including phenoxy) is 1. The normalized spacial score (nSPS) is 16.2. The smallest absolute Gasteiger partial charge is 0.334 e. The van der Waals surface area contributed by atoms with Gasteiger partial charge in [-0.1, -0.05) is 78.9 Å². The largest absolute Gasteiger partial charge is 0.457 e. The summed E-state index contributed by atoms with van der Waals surface area (Å²) in [6, 6.07) is 20.7. The molecule has 0 aromatic heterocycles. The molecule has 0 N–H and O–H groups in total. The van der Waals surface area contributed by atoms with Crippen LogP contribution in [0, 0.1) is 0 Å². The minimum atomic E-state index is -0.499. The zero-order chi connectivity index (χ0) is 17.9. The van der Waals surface area contributed by atoms with Crippen molar-refractivity contribution in [1.82, 2.24) is 0 Å². The van der Waals surface area contributed by atoms with Crippen molar-refractivity contribution in [2.24, 2.45) is 0 Å². The molecule has 0 saturated carbocycles. The molecule has 128 valence electrons. The fourth-order valence-electron chi connectivity index (χ4n) is 3.27. The van der Waals surface area contributed by atoms with Gasteiger partial charge in [-0.3, -0.25) is 0 Å². The topological polar surface area (TPSA) is 26.3 Å². The lowest BCUT2D eigenvalue weighted by Crippen LogP contribution is -2.32. The lowest BCUT2D eigenvalue weighted by molar-refractivity contribution is -0.150. The number of rotatable bonds is 3. The van der Waals surface area contributed by atoms with Crippen LogP contribution in [-0.4, -0.2) is 11.6 Å². The molecule has 2 heteroatoms. The molecule has 3 rings (SSSR count). The van der Waals surface area contributed by atoms with Crippen LogP contribution < -0.4 is 0 Å². The van der Waals surface area contributed by atoms with Crippen LogP contribution in [0.2, 0.25) is 0 Å². The molecule has 0 saturated heterocycles. The highest BCUT2D eigenvalue weighted by molar-refractivity contribution is 5.90. The van der Waals surface area contributed by atoms with Gasteiger partial charge in [0, 0.05) is 11.0 Å². The minimum Gasteiger partial charge on any atom is -0.457 e. The molecule has 0 amide bonds. The van der Waals surface area contributed by atoms with Gasteiger partial charge in [-0.15, -0.1) is 0 Å². The van der Waals surface area contributed by atoms with E-state index in [0.717, 1.165) is 0 Å². The van der Waals surface area contributed by atoms with Gasteiger partial charge in [0.2, 0.25) is 0 Å². The number of hydrogen-bond donors (Lipinski definition) is 0. The average Bonchev–Trinajstić information content (AvgIpc) is 2.62. The monoisotopic (exact) mass is 332 g/mol. The summed E-state index contributed by atoms with van der Waals surface area (Å²) in [4.78, 5) is 12.6. The molecule has 0 radical (unpaired) electrons. The van der Waals surface area contributed by atoms with E-state index >= 15 is 0 Å². The zero-order valence-electron chi connectivity index (χ0n) is 15.0. The van der Waals surface area contributed by atoms with E-state index in [4.69, 9.17) is 4.74 Å². The van der Waals surface area contributed by atoms with Crippen molar-refractivity contribution in [2.75, 3.05) is 0 Å². The summed E-state index contributed by atoms with van der Waals surface area (Å²) in [7, 11) is 0. The first-order chi connectivity index (χ1) is 11.9. The molecule has 0 unspecified atom stereocenters. The van der Waals surface area contributed by atoms with E-state index in [1.165, 1.54) is 11.1 Å². The first-order valence-corrected chi connectivity index (χ1v) is 8.63. The van der Waals surface area contributed by atoms with Gasteiger partial charge in [-0.2, -0.15) is 0 Å². The highest BCUT2D eigenvalue weighted by Gasteiger charge is 2.36. The number of allylic oxidation sites excluding steroid dienone is 3. The highest BCUT2D eigenvalue weighted by Crippen LogP contribution is 2.42. The molecular formula is C23H24O2. The Morgan fingerprint density at radius 3 is 1.92 bits per heavy atom. The Labute approximate surface area is 149 Å². The second-order valence-corrected chi connectivity index (χ2v) is 7.43. The van der Waals surface area contributed by atoms with E-state index in [-0.39, 0.29) is 11.4 Å². The van der Waals surface area contributed by atoms with E-state index in [0.29, 0.717) is 12.0 Å². The summed E-state index contributed by atoms with van der Waals surface area (Å²) in [6.45, 7) is 5.68. The number of hydrogen-bond acceptors (Lipinski definition) is 2. The summed E-state index contributed by atoms with van der Waals surface area (Å²) >= 11 is 0. The molecule has 1 aliphatic rings. The lowest BCUT2D eigenvalue weighted by Gasteiger charge is -2.35. The Balaban J connectivity index is 2.02. The van der Waals surface area contributed by atoms with Crippen LogP contribution in [0.25, 0.3) is 0 Å². The molecule has 0 atom stereocenters. The molecule has 1 aliphatic carbocycles. The molecule has 25 heavy (non-hydrogen) atoms. The quantitative estimate of drug-likeness (QED) is 0.722. The van der Waals surface area contributed by atoms with Gasteiger partial charge < -0.3 is 4.74 Å². The second-order valence-electron chi connectivity index (χ2n) is 7.43. The Bertz CT molecular complexity index is 753. The molecule has 0 fully saturated rings. The Hall–Kier alpha value is -2.61. The third kappa shape index (κ3) is 3.74. The number of carbonyl (C=O) groups excluding carboxylic acids is 1. The third-order valence-electron chi connectivity index (χ3n) is 4.39. The van der Waals surface area contributed by atoms with Gasteiger partial charge in [-0.05, 0) is 38.3 Å². The molecule has 2 aromatic rings. The third-order valence-corrected chi connectivity index (χ3v) is 4.39. The fourth-order valence-corrected chi connectivity index (χ4v) is 3.27. The van der Waals surface area contributed by atoms with Gasteiger partial charge in [0.25, 0.3) is 0 Å². The van der Waals surface area contributed by atoms with Crippen LogP contribution >= 0.6 is 0 Å². The predicted molar refractivity (Wildman–Crippen MR) is 101 cm³/mol. The summed E-state index contributed by atoms with van der Waals surface area (Å²) in [5, 5.41) is 0. The maximum atomic E-state index is 12.6. The maximum absolute atomic E-state index is 12.6. The second kappa shape index (κ2) is 6.72. The fraction of sp³-hybridized carbons (Fsp3) is 0.261. The van der Waals surface area contributed by atoms with E-state index in [2.05, 4.69) is 30.3 Å². The zero-order valence-corrected chi connectivity index (χ0v) is 15.0. The van der Waals surface area contributed by atoms with Gasteiger partial charge in [0.05, 0.1) is 0 Å². The van der Waals surface area contributed by atoms with Crippen LogP contribution in [0.3, 0.4) is 0 Å². The SMILES string of the molecule is CC(C)(C)OC(=O)C1=CC=CC(c2ccccc2)(c2ccccc2)C1. The molecular weight excluding hydrogens is 308 g/mol. The Morgan fingerprint density at radius 2 is 1.44 bits per heavy atom. The van der Waals surface area contributed by atoms with Gasteiger partial charge >= 0.3 is 5.97 Å². The van der Waals surface area contributed by atoms with Crippen molar-refractivity contribution in [3.63, 3.8) is 0 Å². The number of esters is 1. The molecule has 2 nitrogen and oxygen atoms in total. The maximum Gasteiger partial charge on any atom is 0.334 e. The van der Waals surface area contributed by atoms with Gasteiger partial charge in [0.1, 0.15) is 5.60 Å². The molecule has 0 heterocycles. The van der Waals surface area contributed by atoms with Crippen molar-refractivity contribution in [3.05, 3.63) is 95.6 Å². The van der Waals surface area contributed by atoms with Gasteiger partial charge in [0.15, 0.2) is 0 Å². The molecule has 0 aliphatic heterocycles. The van der Waals surface area contributed by atoms with Crippen molar-refractivity contribution in [1.29, 1.82) is 0 Å². The molecule has 0 bridgehead atoms. The van der Waals surface area contributed by atoms with Crippen LogP contribution in [-0.2, 0) is 14.9 Å². The molecule has 2 aromatic carbocycles. The number of benzene rings is 2. The summed E-state index contributed by atoms with van der Waals surface area (Å²) < 4.78 is 5.60. The first kappa shape index (κ1) is 17.2.